The smallest absolute Gasteiger partial charge is 0.255 e. The third-order valence-corrected chi connectivity index (χ3v) is 3.29. The first-order valence-corrected chi connectivity index (χ1v) is 6.30. The minimum Gasteiger partial charge on any atom is -0.505 e. The monoisotopic (exact) mass is 272 g/mol. The van der Waals surface area contributed by atoms with Gasteiger partial charge in [0.15, 0.2) is 11.6 Å². The van der Waals surface area contributed by atoms with Gasteiger partial charge in [0.2, 0.25) is 0 Å². The molecule has 0 aromatic heterocycles. The maximum absolute atomic E-state index is 13.2. The highest BCUT2D eigenvalue weighted by Crippen LogP contribution is 2.24. The topological polar surface area (TPSA) is 61.4 Å². The second-order valence-electron chi connectivity index (χ2n) is 4.67. The van der Waals surface area contributed by atoms with Crippen molar-refractivity contribution in [2.24, 2.45) is 0 Å². The molecule has 0 fully saturated rings. The number of anilines is 2. The van der Waals surface area contributed by atoms with Crippen molar-refractivity contribution in [3.63, 3.8) is 0 Å². The predicted octanol–water partition coefficient (Wildman–Crippen LogP) is 2.75. The van der Waals surface area contributed by atoms with Crippen molar-refractivity contribution in [1.29, 1.82) is 0 Å². The van der Waals surface area contributed by atoms with Crippen molar-refractivity contribution in [3.05, 3.63) is 53.3 Å². The van der Waals surface area contributed by atoms with Crippen LogP contribution in [0.2, 0.25) is 0 Å². The summed E-state index contributed by atoms with van der Waals surface area (Å²) in [6, 6.07) is 9.18. The Hall–Kier alpha value is -2.56. The zero-order valence-electron chi connectivity index (χ0n) is 10.6. The van der Waals surface area contributed by atoms with Crippen molar-refractivity contribution < 1.29 is 14.3 Å². The molecule has 20 heavy (non-hydrogen) atoms. The number of benzene rings is 2. The van der Waals surface area contributed by atoms with E-state index in [1.807, 2.05) is 6.07 Å². The molecule has 0 bridgehead atoms. The van der Waals surface area contributed by atoms with Crippen LogP contribution in [0.5, 0.6) is 5.75 Å². The molecule has 3 rings (SSSR count). The summed E-state index contributed by atoms with van der Waals surface area (Å²) in [5.74, 6) is -1.52. The van der Waals surface area contributed by atoms with Crippen LogP contribution in [0.1, 0.15) is 15.9 Å². The molecule has 0 radical (unpaired) electrons. The highest BCUT2D eigenvalue weighted by Gasteiger charge is 2.14. The summed E-state index contributed by atoms with van der Waals surface area (Å²) in [7, 11) is 0. The molecule has 0 saturated heterocycles. The van der Waals surface area contributed by atoms with E-state index in [9.17, 15) is 9.18 Å². The van der Waals surface area contributed by atoms with Crippen LogP contribution in [-0.2, 0) is 6.42 Å². The number of halogens is 1. The Labute approximate surface area is 115 Å². The molecular weight excluding hydrogens is 259 g/mol. The lowest BCUT2D eigenvalue weighted by molar-refractivity contribution is 0.102. The molecule has 2 aromatic rings. The number of amides is 1. The second-order valence-corrected chi connectivity index (χ2v) is 4.67. The Balaban J connectivity index is 1.80. The Kier molecular flexibility index (Phi) is 3.02. The van der Waals surface area contributed by atoms with Gasteiger partial charge in [-0.15, -0.1) is 0 Å². The molecule has 1 aliphatic heterocycles. The van der Waals surface area contributed by atoms with E-state index < -0.39 is 11.6 Å². The van der Waals surface area contributed by atoms with Crippen LogP contribution in [0.4, 0.5) is 15.8 Å². The third-order valence-electron chi connectivity index (χ3n) is 3.29. The summed E-state index contributed by atoms with van der Waals surface area (Å²) in [5, 5.41) is 14.9. The summed E-state index contributed by atoms with van der Waals surface area (Å²) in [6.45, 7) is 0.879. The van der Waals surface area contributed by atoms with Crippen molar-refractivity contribution in [3.8, 4) is 5.75 Å². The second kappa shape index (κ2) is 4.85. The fourth-order valence-electron chi connectivity index (χ4n) is 2.22. The van der Waals surface area contributed by atoms with E-state index in [1.165, 1.54) is 17.7 Å². The molecule has 0 spiro atoms. The number of phenols is 1. The fraction of sp³-hybridized carbons (Fsp3) is 0.133. The van der Waals surface area contributed by atoms with Gasteiger partial charge in [-0.05, 0) is 36.2 Å². The molecule has 0 atom stereocenters. The quantitative estimate of drug-likeness (QED) is 0.737. The standard InChI is InChI=1S/C15H13FN2O2/c16-12-8-11(3-4-14(12)19)18-15(20)10-2-1-9-5-6-17-13(9)7-10/h1-4,7-8,17,19H,5-6H2,(H,18,20). The van der Waals surface area contributed by atoms with Gasteiger partial charge in [0.1, 0.15) is 0 Å². The Morgan fingerprint density at radius 2 is 2.10 bits per heavy atom. The minimum absolute atomic E-state index is 0.304. The van der Waals surface area contributed by atoms with Gasteiger partial charge in [0.25, 0.3) is 5.91 Å². The van der Waals surface area contributed by atoms with E-state index in [4.69, 9.17) is 5.11 Å². The zero-order valence-corrected chi connectivity index (χ0v) is 10.6. The van der Waals surface area contributed by atoms with Gasteiger partial charge in [-0.3, -0.25) is 4.79 Å². The molecule has 0 unspecified atom stereocenters. The lowest BCUT2D eigenvalue weighted by Crippen LogP contribution is -2.12. The predicted molar refractivity (Wildman–Crippen MR) is 74.7 cm³/mol. The number of aromatic hydroxyl groups is 1. The van der Waals surface area contributed by atoms with E-state index in [2.05, 4.69) is 10.6 Å². The number of nitrogens with one attached hydrogen (secondary N) is 2. The van der Waals surface area contributed by atoms with Crippen LogP contribution >= 0.6 is 0 Å². The molecule has 0 saturated carbocycles. The summed E-state index contributed by atoms with van der Waals surface area (Å²) < 4.78 is 13.2. The van der Waals surface area contributed by atoms with Gasteiger partial charge < -0.3 is 15.7 Å². The van der Waals surface area contributed by atoms with E-state index >= 15 is 0 Å². The van der Waals surface area contributed by atoms with Crippen LogP contribution in [0.25, 0.3) is 0 Å². The molecule has 4 nitrogen and oxygen atoms in total. The lowest BCUT2D eigenvalue weighted by Gasteiger charge is -2.07. The van der Waals surface area contributed by atoms with Gasteiger partial charge in [0.05, 0.1) is 0 Å². The van der Waals surface area contributed by atoms with Crippen molar-refractivity contribution in [1.82, 2.24) is 0 Å². The summed E-state index contributed by atoms with van der Waals surface area (Å²) in [5.41, 5.74) is 2.97. The van der Waals surface area contributed by atoms with Gasteiger partial charge in [-0.1, -0.05) is 6.07 Å². The van der Waals surface area contributed by atoms with Crippen molar-refractivity contribution in [2.45, 2.75) is 6.42 Å². The van der Waals surface area contributed by atoms with Crippen LogP contribution in [-0.4, -0.2) is 17.6 Å². The van der Waals surface area contributed by atoms with Crippen LogP contribution in [0, 0.1) is 5.82 Å². The number of fused-ring (bicyclic) bond motifs is 1. The number of carbonyl (C=O) groups excluding carboxylic acids is 1. The lowest BCUT2D eigenvalue weighted by atomic mass is 10.1. The van der Waals surface area contributed by atoms with Crippen LogP contribution in [0.15, 0.2) is 36.4 Å². The molecule has 1 heterocycles. The summed E-state index contributed by atoms with van der Waals surface area (Å²) in [6.07, 6.45) is 0.959. The average Bonchev–Trinajstić information content (AvgIpc) is 2.90. The van der Waals surface area contributed by atoms with E-state index in [0.717, 1.165) is 24.7 Å². The molecule has 102 valence electrons. The van der Waals surface area contributed by atoms with E-state index in [-0.39, 0.29) is 5.91 Å². The van der Waals surface area contributed by atoms with Gasteiger partial charge in [-0.25, -0.2) is 4.39 Å². The van der Waals surface area contributed by atoms with E-state index in [1.54, 1.807) is 12.1 Å². The van der Waals surface area contributed by atoms with Gasteiger partial charge >= 0.3 is 0 Å². The first kappa shape index (κ1) is 12.5. The van der Waals surface area contributed by atoms with Crippen LogP contribution in [0.3, 0.4) is 0 Å². The Bertz CT molecular complexity index is 686. The maximum Gasteiger partial charge on any atom is 0.255 e. The molecule has 0 aliphatic carbocycles. The van der Waals surface area contributed by atoms with Crippen molar-refractivity contribution >= 4 is 17.3 Å². The molecule has 5 heteroatoms. The molecule has 1 amide bonds. The van der Waals surface area contributed by atoms with Gasteiger partial charge in [0, 0.05) is 29.5 Å². The molecular formula is C15H13FN2O2. The highest BCUT2D eigenvalue weighted by atomic mass is 19.1. The SMILES string of the molecule is O=C(Nc1ccc(O)c(F)c1)c1ccc2c(c1)NCC2. The summed E-state index contributed by atoms with van der Waals surface area (Å²) in [4.78, 5) is 12.1. The summed E-state index contributed by atoms with van der Waals surface area (Å²) >= 11 is 0. The Morgan fingerprint density at radius 1 is 1.25 bits per heavy atom. The molecule has 3 N–H and O–H groups in total. The minimum atomic E-state index is -0.765. The first-order valence-electron chi connectivity index (χ1n) is 6.30. The molecule has 1 aliphatic rings. The fourth-order valence-corrected chi connectivity index (χ4v) is 2.22. The number of rotatable bonds is 2. The van der Waals surface area contributed by atoms with Crippen molar-refractivity contribution in [2.75, 3.05) is 17.2 Å². The average molecular weight is 272 g/mol. The van der Waals surface area contributed by atoms with E-state index in [0.29, 0.717) is 11.3 Å². The van der Waals surface area contributed by atoms with Gasteiger partial charge in [-0.2, -0.15) is 0 Å². The first-order chi connectivity index (χ1) is 9.63. The zero-order chi connectivity index (χ0) is 14.1. The third kappa shape index (κ3) is 2.30. The number of hydrogen-bond donors (Lipinski definition) is 3. The number of hydrogen-bond acceptors (Lipinski definition) is 3. The number of phenolic OH excluding ortho intramolecular Hbond substituents is 1. The number of carbonyl (C=O) groups is 1. The Morgan fingerprint density at radius 3 is 2.90 bits per heavy atom. The highest BCUT2D eigenvalue weighted by molar-refractivity contribution is 6.05. The normalized spacial score (nSPS) is 12.7. The van der Waals surface area contributed by atoms with Crippen LogP contribution < -0.4 is 10.6 Å². The maximum atomic E-state index is 13.2. The largest absolute Gasteiger partial charge is 0.505 e. The molecule has 2 aromatic carbocycles.